The number of hydrogen-bond acceptors (Lipinski definition) is 3. The van der Waals surface area contributed by atoms with Crippen molar-refractivity contribution < 1.29 is 14.3 Å². The number of carbonyl (C=O) groups is 1. The molecule has 0 heterocycles. The Morgan fingerprint density at radius 2 is 2.07 bits per heavy atom. The number of benzene rings is 2. The van der Waals surface area contributed by atoms with Crippen LogP contribution in [0.15, 0.2) is 36.4 Å². The Morgan fingerprint density at radius 1 is 1.20 bits per heavy atom. The van der Waals surface area contributed by atoms with Crippen molar-refractivity contribution in [2.24, 2.45) is 0 Å². The molecule has 0 N–H and O–H groups in total. The average Bonchev–Trinajstić information content (AvgIpc) is 2.29. The molecule has 0 bridgehead atoms. The second-order valence-electron chi connectivity index (χ2n) is 3.06. The van der Waals surface area contributed by atoms with Gasteiger partial charge in [0.25, 0.3) is 6.47 Å². The van der Waals surface area contributed by atoms with Crippen molar-refractivity contribution in [1.82, 2.24) is 0 Å². The monoisotopic (exact) mass is 202 g/mol. The van der Waals surface area contributed by atoms with Crippen LogP contribution >= 0.6 is 0 Å². The molecule has 0 atom stereocenters. The molecule has 15 heavy (non-hydrogen) atoms. The highest BCUT2D eigenvalue weighted by Crippen LogP contribution is 2.28. The maximum atomic E-state index is 10.3. The van der Waals surface area contributed by atoms with E-state index in [-0.39, 0.29) is 0 Å². The maximum Gasteiger partial charge on any atom is 0.298 e. The predicted octanol–water partition coefficient (Wildman–Crippen LogP) is 2.38. The summed E-state index contributed by atoms with van der Waals surface area (Å²) in [7, 11) is 1.60. The van der Waals surface area contributed by atoms with Crippen LogP contribution in [0.3, 0.4) is 0 Å². The molecule has 0 fully saturated rings. The largest absolute Gasteiger partial charge is 0.497 e. The van der Waals surface area contributed by atoms with Gasteiger partial charge in [-0.2, -0.15) is 0 Å². The highest BCUT2D eigenvalue weighted by atomic mass is 16.5. The Hall–Kier alpha value is -2.03. The normalized spacial score (nSPS) is 9.93. The maximum absolute atomic E-state index is 10.3. The van der Waals surface area contributed by atoms with Gasteiger partial charge in [-0.3, -0.25) is 4.79 Å². The van der Waals surface area contributed by atoms with Gasteiger partial charge in [-0.05, 0) is 23.6 Å². The van der Waals surface area contributed by atoms with Gasteiger partial charge >= 0.3 is 0 Å². The van der Waals surface area contributed by atoms with E-state index in [0.29, 0.717) is 12.2 Å². The van der Waals surface area contributed by atoms with Gasteiger partial charge in [0.1, 0.15) is 11.5 Å². The summed E-state index contributed by atoms with van der Waals surface area (Å²) < 4.78 is 9.99. The second kappa shape index (κ2) is 4.00. The van der Waals surface area contributed by atoms with Crippen molar-refractivity contribution in [3.05, 3.63) is 36.4 Å². The fraction of sp³-hybridized carbons (Fsp3) is 0.0833. The van der Waals surface area contributed by atoms with Crippen molar-refractivity contribution in [2.45, 2.75) is 0 Å². The third-order valence-corrected chi connectivity index (χ3v) is 2.22. The lowest BCUT2D eigenvalue weighted by molar-refractivity contribution is -0.120. The van der Waals surface area contributed by atoms with Crippen molar-refractivity contribution >= 4 is 17.2 Å². The zero-order chi connectivity index (χ0) is 10.7. The second-order valence-corrected chi connectivity index (χ2v) is 3.06. The minimum atomic E-state index is 0.425. The van der Waals surface area contributed by atoms with E-state index >= 15 is 0 Å². The third-order valence-electron chi connectivity index (χ3n) is 2.22. The molecule has 0 aliphatic rings. The molecule has 0 spiro atoms. The molecule has 3 nitrogen and oxygen atoms in total. The van der Waals surface area contributed by atoms with E-state index < -0.39 is 0 Å². The molecule has 2 rings (SSSR count). The van der Waals surface area contributed by atoms with Gasteiger partial charge in [-0.1, -0.05) is 18.2 Å². The van der Waals surface area contributed by atoms with Gasteiger partial charge in [-0.15, -0.1) is 0 Å². The molecular weight excluding hydrogens is 192 g/mol. The van der Waals surface area contributed by atoms with Crippen LogP contribution in [0.25, 0.3) is 10.8 Å². The minimum absolute atomic E-state index is 0.425. The first-order valence-corrected chi connectivity index (χ1v) is 4.52. The molecule has 0 amide bonds. The fourth-order valence-electron chi connectivity index (χ4n) is 1.50. The molecule has 0 aliphatic heterocycles. The lowest BCUT2D eigenvalue weighted by atomic mass is 10.1. The van der Waals surface area contributed by atoms with E-state index in [0.717, 1.165) is 16.5 Å². The highest BCUT2D eigenvalue weighted by molar-refractivity contribution is 5.90. The summed E-state index contributed by atoms with van der Waals surface area (Å²) >= 11 is 0. The standard InChI is InChI=1S/C12H10O3/c1-14-10-6-5-9-3-2-4-12(15-8-13)11(9)7-10/h2-8H,1H3. The molecular formula is C12H10O3. The van der Waals surface area contributed by atoms with Crippen LogP contribution in [0.1, 0.15) is 0 Å². The van der Waals surface area contributed by atoms with Crippen molar-refractivity contribution in [3.8, 4) is 11.5 Å². The summed E-state index contributed by atoms with van der Waals surface area (Å²) in [5.41, 5.74) is 0. The molecule has 76 valence electrons. The Morgan fingerprint density at radius 3 is 2.80 bits per heavy atom. The van der Waals surface area contributed by atoms with E-state index in [1.807, 2.05) is 30.3 Å². The molecule has 2 aromatic carbocycles. The number of fused-ring (bicyclic) bond motifs is 1. The predicted molar refractivity (Wildman–Crippen MR) is 57.2 cm³/mol. The summed E-state index contributed by atoms with van der Waals surface area (Å²) in [4.78, 5) is 10.3. The minimum Gasteiger partial charge on any atom is -0.497 e. The quantitative estimate of drug-likeness (QED) is 0.717. The number of ether oxygens (including phenoxy) is 2. The van der Waals surface area contributed by atoms with Crippen LogP contribution in [0.5, 0.6) is 11.5 Å². The molecule has 0 aliphatic carbocycles. The van der Waals surface area contributed by atoms with Gasteiger partial charge in [0.05, 0.1) is 7.11 Å². The molecule has 3 heteroatoms. The summed E-state index contributed by atoms with van der Waals surface area (Å²) in [5.74, 6) is 1.28. The molecule has 2 aromatic rings. The smallest absolute Gasteiger partial charge is 0.298 e. The summed E-state index contributed by atoms with van der Waals surface area (Å²) in [6.45, 7) is 0.425. The van der Waals surface area contributed by atoms with Gasteiger partial charge in [0.2, 0.25) is 0 Å². The molecule has 0 radical (unpaired) electrons. The van der Waals surface area contributed by atoms with E-state index in [4.69, 9.17) is 9.47 Å². The number of hydrogen-bond donors (Lipinski definition) is 0. The van der Waals surface area contributed by atoms with E-state index in [2.05, 4.69) is 0 Å². The van der Waals surface area contributed by atoms with Crippen LogP contribution in [-0.2, 0) is 4.79 Å². The van der Waals surface area contributed by atoms with Gasteiger partial charge in [0.15, 0.2) is 0 Å². The highest BCUT2D eigenvalue weighted by Gasteiger charge is 2.02. The molecule has 0 aromatic heterocycles. The SMILES string of the molecule is COc1ccc2cccc(OC=O)c2c1. The number of carbonyl (C=O) groups excluding carboxylic acids is 1. The van der Waals surface area contributed by atoms with Crippen molar-refractivity contribution in [1.29, 1.82) is 0 Å². The van der Waals surface area contributed by atoms with Crippen LogP contribution in [-0.4, -0.2) is 13.6 Å². The zero-order valence-corrected chi connectivity index (χ0v) is 8.27. The van der Waals surface area contributed by atoms with Crippen LogP contribution < -0.4 is 9.47 Å². The number of rotatable bonds is 3. The molecule has 0 saturated heterocycles. The first-order chi connectivity index (χ1) is 7.35. The van der Waals surface area contributed by atoms with Crippen molar-refractivity contribution in [2.75, 3.05) is 7.11 Å². The van der Waals surface area contributed by atoms with E-state index in [1.165, 1.54) is 0 Å². The molecule has 0 saturated carbocycles. The fourth-order valence-corrected chi connectivity index (χ4v) is 1.50. The topological polar surface area (TPSA) is 35.5 Å². The molecule has 0 unspecified atom stereocenters. The van der Waals surface area contributed by atoms with Crippen LogP contribution in [0.4, 0.5) is 0 Å². The van der Waals surface area contributed by atoms with E-state index in [1.54, 1.807) is 13.2 Å². The summed E-state index contributed by atoms with van der Waals surface area (Å²) in [6.07, 6.45) is 0. The summed E-state index contributed by atoms with van der Waals surface area (Å²) in [5, 5.41) is 1.87. The number of methoxy groups -OCH3 is 1. The first-order valence-electron chi connectivity index (χ1n) is 4.52. The average molecular weight is 202 g/mol. The van der Waals surface area contributed by atoms with Gasteiger partial charge in [0, 0.05) is 5.39 Å². The lowest BCUT2D eigenvalue weighted by Gasteiger charge is -2.05. The zero-order valence-electron chi connectivity index (χ0n) is 8.27. The third kappa shape index (κ3) is 1.76. The van der Waals surface area contributed by atoms with Crippen LogP contribution in [0.2, 0.25) is 0 Å². The summed E-state index contributed by atoms with van der Waals surface area (Å²) in [6, 6.07) is 11.2. The Bertz CT molecular complexity index is 491. The van der Waals surface area contributed by atoms with Gasteiger partial charge < -0.3 is 9.47 Å². The Kier molecular flexibility index (Phi) is 2.54. The Labute approximate surface area is 87.2 Å². The van der Waals surface area contributed by atoms with E-state index in [9.17, 15) is 4.79 Å². The lowest BCUT2D eigenvalue weighted by Crippen LogP contribution is -1.90. The first kappa shape index (κ1) is 9.52. The van der Waals surface area contributed by atoms with Crippen molar-refractivity contribution in [3.63, 3.8) is 0 Å². The van der Waals surface area contributed by atoms with Gasteiger partial charge in [-0.25, -0.2) is 0 Å². The van der Waals surface area contributed by atoms with Crippen LogP contribution in [0, 0.1) is 0 Å². The Balaban J connectivity index is 2.64.